The molecule has 1 unspecified atom stereocenters. The second-order valence-corrected chi connectivity index (χ2v) is 7.17. The van der Waals surface area contributed by atoms with Crippen molar-refractivity contribution < 1.29 is 0 Å². The zero-order valence-electron chi connectivity index (χ0n) is 11.2. The second-order valence-electron chi connectivity index (χ2n) is 5.37. The summed E-state index contributed by atoms with van der Waals surface area (Å²) >= 11 is 8.01. The van der Waals surface area contributed by atoms with E-state index < -0.39 is 0 Å². The number of fused-ring (bicyclic) bond motifs is 1. The maximum atomic E-state index is 6.19. The first kappa shape index (κ1) is 13.3. The number of para-hydroxylation sites is 1. The lowest BCUT2D eigenvalue weighted by Crippen LogP contribution is -2.35. The molecule has 1 aromatic heterocycles. The molecule has 3 rings (SSSR count). The number of aromatic nitrogens is 1. The summed E-state index contributed by atoms with van der Waals surface area (Å²) in [5, 5.41) is 1.54. The highest BCUT2D eigenvalue weighted by molar-refractivity contribution is 7.18. The minimum absolute atomic E-state index is 0.310. The van der Waals surface area contributed by atoms with E-state index in [0.717, 1.165) is 25.2 Å². The lowest BCUT2D eigenvalue weighted by molar-refractivity contribution is 0.176. The first-order chi connectivity index (χ1) is 9.22. The maximum Gasteiger partial charge on any atom is 0.108 e. The fourth-order valence-electron chi connectivity index (χ4n) is 2.75. The molecule has 0 amide bonds. The van der Waals surface area contributed by atoms with Crippen LogP contribution >= 0.6 is 22.9 Å². The SMILES string of the molecule is CC(Cl)C1CCN(Cc2nc3ccccc3s2)CC1. The fourth-order valence-corrected chi connectivity index (χ4v) is 4.01. The third kappa shape index (κ3) is 3.10. The van der Waals surface area contributed by atoms with Crippen LogP contribution in [0.15, 0.2) is 24.3 Å². The Morgan fingerprint density at radius 1 is 1.37 bits per heavy atom. The van der Waals surface area contributed by atoms with Gasteiger partial charge in [0.05, 0.1) is 16.8 Å². The average Bonchev–Trinajstić information content (AvgIpc) is 2.81. The normalized spacial score (nSPS) is 19.9. The number of alkyl halides is 1. The van der Waals surface area contributed by atoms with E-state index in [4.69, 9.17) is 16.6 Å². The third-order valence-electron chi connectivity index (χ3n) is 3.98. The van der Waals surface area contributed by atoms with Gasteiger partial charge in [-0.25, -0.2) is 4.98 Å². The number of likely N-dealkylation sites (tertiary alicyclic amines) is 1. The van der Waals surface area contributed by atoms with Crippen LogP contribution in [0.25, 0.3) is 10.2 Å². The predicted octanol–water partition coefficient (Wildman–Crippen LogP) is 4.14. The largest absolute Gasteiger partial charge is 0.297 e. The minimum atomic E-state index is 0.310. The molecule has 1 fully saturated rings. The number of piperidine rings is 1. The molecule has 102 valence electrons. The molecule has 2 aromatic rings. The number of halogens is 1. The summed E-state index contributed by atoms with van der Waals surface area (Å²) in [6.45, 7) is 5.41. The molecular formula is C15H19ClN2S. The van der Waals surface area contributed by atoms with E-state index in [0.29, 0.717) is 11.3 Å². The van der Waals surface area contributed by atoms with Crippen LogP contribution in [0, 0.1) is 5.92 Å². The molecule has 1 aromatic carbocycles. The van der Waals surface area contributed by atoms with E-state index in [1.807, 2.05) is 11.3 Å². The Balaban J connectivity index is 1.63. The molecule has 2 nitrogen and oxygen atoms in total. The zero-order chi connectivity index (χ0) is 13.2. The number of benzene rings is 1. The minimum Gasteiger partial charge on any atom is -0.297 e. The van der Waals surface area contributed by atoms with E-state index in [-0.39, 0.29) is 0 Å². The lowest BCUT2D eigenvalue weighted by Gasteiger charge is -2.32. The molecule has 0 aliphatic carbocycles. The number of rotatable bonds is 3. The van der Waals surface area contributed by atoms with Gasteiger partial charge in [0, 0.05) is 5.38 Å². The summed E-state index contributed by atoms with van der Waals surface area (Å²) in [5.74, 6) is 0.688. The Morgan fingerprint density at radius 3 is 2.79 bits per heavy atom. The second kappa shape index (κ2) is 5.78. The van der Waals surface area contributed by atoms with Crippen LogP contribution in [0.2, 0.25) is 0 Å². The van der Waals surface area contributed by atoms with Gasteiger partial charge >= 0.3 is 0 Å². The molecule has 0 N–H and O–H groups in total. The van der Waals surface area contributed by atoms with Gasteiger partial charge in [0.25, 0.3) is 0 Å². The standard InChI is InChI=1S/C15H19ClN2S/c1-11(16)12-6-8-18(9-7-12)10-15-17-13-4-2-3-5-14(13)19-15/h2-5,11-12H,6-10H2,1H3. The van der Waals surface area contributed by atoms with Gasteiger partial charge in [-0.3, -0.25) is 4.90 Å². The van der Waals surface area contributed by atoms with Crippen molar-refractivity contribution in [2.24, 2.45) is 5.92 Å². The molecule has 0 bridgehead atoms. The quantitative estimate of drug-likeness (QED) is 0.791. The van der Waals surface area contributed by atoms with Crippen molar-refractivity contribution in [1.29, 1.82) is 0 Å². The molecule has 1 aliphatic heterocycles. The van der Waals surface area contributed by atoms with Crippen molar-refractivity contribution in [2.45, 2.75) is 31.7 Å². The van der Waals surface area contributed by atoms with Crippen LogP contribution < -0.4 is 0 Å². The van der Waals surface area contributed by atoms with E-state index in [9.17, 15) is 0 Å². The summed E-state index contributed by atoms with van der Waals surface area (Å²) < 4.78 is 1.29. The summed E-state index contributed by atoms with van der Waals surface area (Å²) in [6, 6.07) is 8.38. The molecule has 1 saturated heterocycles. The first-order valence-electron chi connectivity index (χ1n) is 6.93. The van der Waals surface area contributed by atoms with Crippen LogP contribution in [-0.2, 0) is 6.54 Å². The van der Waals surface area contributed by atoms with Crippen LogP contribution in [0.1, 0.15) is 24.8 Å². The summed E-state index contributed by atoms with van der Waals surface area (Å²) in [7, 11) is 0. The number of nitrogens with zero attached hydrogens (tertiary/aromatic N) is 2. The van der Waals surface area contributed by atoms with Gasteiger partial charge in [0.2, 0.25) is 0 Å². The number of thiazole rings is 1. The summed E-state index contributed by atoms with van der Waals surface area (Å²) in [4.78, 5) is 7.22. The van der Waals surface area contributed by atoms with Gasteiger partial charge in [-0.1, -0.05) is 12.1 Å². The topological polar surface area (TPSA) is 16.1 Å². The molecule has 0 spiro atoms. The highest BCUT2D eigenvalue weighted by Gasteiger charge is 2.23. The Labute approximate surface area is 123 Å². The molecular weight excluding hydrogens is 276 g/mol. The van der Waals surface area contributed by atoms with Crippen LogP contribution in [-0.4, -0.2) is 28.4 Å². The Kier molecular flexibility index (Phi) is 4.06. The van der Waals surface area contributed by atoms with Gasteiger partial charge in [-0.2, -0.15) is 0 Å². The van der Waals surface area contributed by atoms with Crippen LogP contribution in [0.5, 0.6) is 0 Å². The van der Waals surface area contributed by atoms with E-state index >= 15 is 0 Å². The molecule has 0 saturated carbocycles. The van der Waals surface area contributed by atoms with E-state index in [1.165, 1.54) is 22.5 Å². The summed E-state index contributed by atoms with van der Waals surface area (Å²) in [5.41, 5.74) is 1.13. The fraction of sp³-hybridized carbons (Fsp3) is 0.533. The molecule has 1 atom stereocenters. The molecule has 19 heavy (non-hydrogen) atoms. The number of hydrogen-bond donors (Lipinski definition) is 0. The molecule has 1 aliphatic rings. The lowest BCUT2D eigenvalue weighted by atomic mass is 9.94. The molecule has 0 radical (unpaired) electrons. The van der Waals surface area contributed by atoms with E-state index in [2.05, 4.69) is 36.1 Å². The van der Waals surface area contributed by atoms with Gasteiger partial charge in [-0.15, -0.1) is 22.9 Å². The van der Waals surface area contributed by atoms with Gasteiger partial charge in [0.1, 0.15) is 5.01 Å². The van der Waals surface area contributed by atoms with Gasteiger partial charge < -0.3 is 0 Å². The van der Waals surface area contributed by atoms with Crippen molar-refractivity contribution >= 4 is 33.2 Å². The smallest absolute Gasteiger partial charge is 0.108 e. The van der Waals surface area contributed by atoms with Crippen LogP contribution in [0.4, 0.5) is 0 Å². The average molecular weight is 295 g/mol. The van der Waals surface area contributed by atoms with Gasteiger partial charge in [-0.05, 0) is 50.9 Å². The van der Waals surface area contributed by atoms with Crippen LogP contribution in [0.3, 0.4) is 0 Å². The van der Waals surface area contributed by atoms with Crippen molar-refractivity contribution in [3.05, 3.63) is 29.3 Å². The van der Waals surface area contributed by atoms with Crippen molar-refractivity contribution in [2.75, 3.05) is 13.1 Å². The molecule has 2 heterocycles. The monoisotopic (exact) mass is 294 g/mol. The highest BCUT2D eigenvalue weighted by atomic mass is 35.5. The van der Waals surface area contributed by atoms with Crippen molar-refractivity contribution in [1.82, 2.24) is 9.88 Å². The summed E-state index contributed by atoms with van der Waals surface area (Å²) in [6.07, 6.45) is 2.44. The third-order valence-corrected chi connectivity index (χ3v) is 5.36. The predicted molar refractivity (Wildman–Crippen MR) is 82.9 cm³/mol. The maximum absolute atomic E-state index is 6.19. The van der Waals surface area contributed by atoms with Gasteiger partial charge in [0.15, 0.2) is 0 Å². The molecule has 4 heteroatoms. The van der Waals surface area contributed by atoms with Crippen molar-refractivity contribution in [3.63, 3.8) is 0 Å². The zero-order valence-corrected chi connectivity index (χ0v) is 12.8. The Bertz CT molecular complexity index is 511. The number of hydrogen-bond acceptors (Lipinski definition) is 3. The Hall–Kier alpha value is -0.640. The Morgan fingerprint density at radius 2 is 2.11 bits per heavy atom. The van der Waals surface area contributed by atoms with Crippen molar-refractivity contribution in [3.8, 4) is 0 Å². The highest BCUT2D eigenvalue weighted by Crippen LogP contribution is 2.27. The first-order valence-corrected chi connectivity index (χ1v) is 8.18. The van der Waals surface area contributed by atoms with E-state index in [1.54, 1.807) is 0 Å².